The largest absolute Gasteiger partial charge is 0.478 e. The first kappa shape index (κ1) is 69.3. The fourth-order valence-electron chi connectivity index (χ4n) is 5.98. The van der Waals surface area contributed by atoms with Gasteiger partial charge in [-0.25, -0.2) is 39.3 Å². The third-order valence-electron chi connectivity index (χ3n) is 9.25. The van der Waals surface area contributed by atoms with Crippen molar-refractivity contribution in [3.05, 3.63) is 126 Å². The summed E-state index contributed by atoms with van der Waals surface area (Å²) >= 11 is 13.2. The van der Waals surface area contributed by atoms with Gasteiger partial charge in [0, 0.05) is 89.7 Å². The Labute approximate surface area is 504 Å². The number of esters is 2. The fourth-order valence-corrected chi connectivity index (χ4v) is 7.56. The van der Waals surface area contributed by atoms with Crippen LogP contribution in [0.1, 0.15) is 66.6 Å². The predicted molar refractivity (Wildman–Crippen MR) is 316 cm³/mol. The molecular formula is C50H56Br5ClN10O13. The lowest BCUT2D eigenvalue weighted by molar-refractivity contribution is -0.149. The lowest BCUT2D eigenvalue weighted by atomic mass is 10.1. The molecule has 426 valence electrons. The Morgan fingerprint density at radius 1 is 0.658 bits per heavy atom. The van der Waals surface area contributed by atoms with Crippen molar-refractivity contribution in [3.63, 3.8) is 0 Å². The molecule has 0 aliphatic carbocycles. The average Bonchev–Trinajstić information content (AvgIpc) is 3.79. The van der Waals surface area contributed by atoms with Crippen LogP contribution >= 0.6 is 93.1 Å². The summed E-state index contributed by atoms with van der Waals surface area (Å²) in [6.45, 7) is 8.76. The highest BCUT2D eigenvalue weighted by Crippen LogP contribution is 2.23. The van der Waals surface area contributed by atoms with Gasteiger partial charge in [0.1, 0.15) is 61.1 Å². The summed E-state index contributed by atoms with van der Waals surface area (Å²) in [5.41, 5.74) is 16.2. The molecule has 0 saturated heterocycles. The van der Waals surface area contributed by atoms with Crippen molar-refractivity contribution >= 4 is 170 Å². The van der Waals surface area contributed by atoms with E-state index < -0.39 is 17.5 Å². The summed E-state index contributed by atoms with van der Waals surface area (Å²) in [5.74, 6) is 0.0668. The second kappa shape index (κ2) is 35.7. The molecule has 0 fully saturated rings. The van der Waals surface area contributed by atoms with Crippen LogP contribution in [0.4, 0.5) is 29.1 Å². The molecule has 0 radical (unpaired) electrons. The third-order valence-corrected chi connectivity index (χ3v) is 11.2. The van der Waals surface area contributed by atoms with Crippen molar-refractivity contribution < 1.29 is 62.3 Å². The number of hydrogen-bond donors (Lipinski definition) is 6. The van der Waals surface area contributed by atoms with Crippen LogP contribution in [0.15, 0.2) is 86.9 Å². The standard InChI is InChI=1S/C15H18N2O4.C11H10N2O4.C10H13BrN2O3.C8H7BrN2O2.C6H6Br2N2.BrH.ClH/c1-15(2,3)21-13(19)5-4-10-6-11-8-20-9-12(18)17-14(11)16-7-10;14-9-6-17-5-8-3-7(1-2-10(15)16)4-12-11(8)13-9;1-2-16-9(14)6-15-5-7-3-8(11)4-13-10(7)12;9-6-1-5-3-13-4-7(12)11-8(5)10-2-6;7-2-4-1-5(8)3-10-6(4)9;;/h4-7H,8-9H2,1-3H3,(H,16,17,18);1-4H,5-6H2,(H,15,16)(H,12,13,14);3-4H,2,5-6H2,1H3,(H2,12,13);1-2H,3-4H2,(H,10,11,12);1,3H,2H2,(H2,9,10);2*1H/b5-4+;2-1+;;;;;. The molecule has 8 N–H and O–H groups in total. The molecule has 5 aromatic rings. The van der Waals surface area contributed by atoms with Gasteiger partial charge in [0.25, 0.3) is 17.7 Å². The number of carbonyl (C=O) groups excluding carboxylic acids is 5. The maximum Gasteiger partial charge on any atom is 0.332 e. The summed E-state index contributed by atoms with van der Waals surface area (Å²) in [6, 6.07) is 9.17. The van der Waals surface area contributed by atoms with Crippen molar-refractivity contribution in [3.8, 4) is 0 Å². The molecule has 0 saturated carbocycles. The van der Waals surface area contributed by atoms with Gasteiger partial charge in [0.05, 0.1) is 33.0 Å². The number of nitrogens with two attached hydrogens (primary N) is 2. The molecule has 3 aliphatic heterocycles. The summed E-state index contributed by atoms with van der Waals surface area (Å²) < 4.78 is 33.1. The number of amides is 3. The van der Waals surface area contributed by atoms with E-state index in [9.17, 15) is 28.8 Å². The Morgan fingerprint density at radius 2 is 1.08 bits per heavy atom. The van der Waals surface area contributed by atoms with E-state index in [4.69, 9.17) is 45.0 Å². The molecule has 0 spiro atoms. The molecule has 23 nitrogen and oxygen atoms in total. The van der Waals surface area contributed by atoms with Crippen molar-refractivity contribution in [1.82, 2.24) is 24.9 Å². The number of aromatic nitrogens is 5. The Kier molecular flexibility index (Phi) is 31.3. The van der Waals surface area contributed by atoms with Crippen LogP contribution < -0.4 is 27.4 Å². The number of halogens is 6. The topological polar surface area (TPSA) is 331 Å². The summed E-state index contributed by atoms with van der Waals surface area (Å²) in [7, 11) is 0. The maximum absolute atomic E-state index is 11.6. The van der Waals surface area contributed by atoms with E-state index in [0.29, 0.717) is 54.5 Å². The van der Waals surface area contributed by atoms with Crippen LogP contribution in [0, 0.1) is 0 Å². The van der Waals surface area contributed by atoms with E-state index in [2.05, 4.69) is 105 Å². The minimum atomic E-state index is -1.02. The maximum atomic E-state index is 11.6. The van der Waals surface area contributed by atoms with Crippen LogP contribution in [-0.4, -0.2) is 104 Å². The van der Waals surface area contributed by atoms with Crippen LogP contribution in [0.5, 0.6) is 0 Å². The Bertz CT molecular complexity index is 2950. The molecule has 0 atom stereocenters. The van der Waals surface area contributed by atoms with Gasteiger partial charge < -0.3 is 60.9 Å². The lowest BCUT2D eigenvalue weighted by Gasteiger charge is -2.17. The smallest absolute Gasteiger partial charge is 0.332 e. The van der Waals surface area contributed by atoms with Gasteiger partial charge in [0.2, 0.25) is 0 Å². The van der Waals surface area contributed by atoms with Crippen molar-refractivity contribution in [2.24, 2.45) is 0 Å². The molecule has 8 heterocycles. The number of hydrogen-bond acceptors (Lipinski definition) is 19. The van der Waals surface area contributed by atoms with Crippen molar-refractivity contribution in [1.29, 1.82) is 0 Å². The molecule has 0 bridgehead atoms. The molecule has 0 aromatic carbocycles. The van der Waals surface area contributed by atoms with Crippen LogP contribution in [-0.2, 0) is 88.9 Å². The molecule has 3 aliphatic rings. The number of carboxylic acids is 1. The monoisotopic (exact) mass is 1430 g/mol. The second-order valence-electron chi connectivity index (χ2n) is 16.7. The van der Waals surface area contributed by atoms with Crippen molar-refractivity contribution in [2.45, 2.75) is 65.1 Å². The molecule has 0 unspecified atom stereocenters. The van der Waals surface area contributed by atoms with E-state index in [0.717, 1.165) is 58.2 Å². The summed E-state index contributed by atoms with van der Waals surface area (Å²) in [6.07, 6.45) is 13.4. The second-order valence-corrected chi connectivity index (χ2v) is 20.0. The number of anilines is 5. The number of aliphatic carboxylic acids is 1. The van der Waals surface area contributed by atoms with E-state index in [1.807, 2.05) is 39.0 Å². The first-order valence-corrected chi connectivity index (χ1v) is 26.3. The first-order chi connectivity index (χ1) is 36.6. The van der Waals surface area contributed by atoms with Gasteiger partial charge in [0.15, 0.2) is 0 Å². The van der Waals surface area contributed by atoms with Gasteiger partial charge in [-0.05, 0) is 129 Å². The van der Waals surface area contributed by atoms with Crippen LogP contribution in [0.25, 0.3) is 12.2 Å². The summed E-state index contributed by atoms with van der Waals surface area (Å²) in [5, 5.41) is 17.2. The Morgan fingerprint density at radius 3 is 1.52 bits per heavy atom. The SMILES string of the molecule is Br.CC(C)(C)OC(=O)/C=C/c1cnc2c(c1)COCC(=O)N2.CCOC(=O)COCc1cc(Br)cnc1N.Cl.Nc1ncc(Br)cc1CBr.O=C(O)/C=C/c1cnc2c(c1)COCC(=O)N2.O=C1COCc2cc(Br)cnc2N1. The number of nitrogens with zero attached hydrogens (tertiary/aromatic N) is 5. The zero-order valence-electron chi connectivity index (χ0n) is 42.7. The highest BCUT2D eigenvalue weighted by Gasteiger charge is 2.18. The molecular weight excluding hydrogens is 1380 g/mol. The van der Waals surface area contributed by atoms with Gasteiger partial charge in [-0.15, -0.1) is 29.4 Å². The van der Waals surface area contributed by atoms with Gasteiger partial charge in [-0.2, -0.15) is 0 Å². The van der Waals surface area contributed by atoms with Crippen LogP contribution in [0.2, 0.25) is 0 Å². The minimum absolute atomic E-state index is 0. The van der Waals surface area contributed by atoms with E-state index in [-0.39, 0.29) is 92.7 Å². The fraction of sp³-hybridized carbons (Fsp3) is 0.300. The van der Waals surface area contributed by atoms with E-state index in [1.165, 1.54) is 18.3 Å². The van der Waals surface area contributed by atoms with Crippen LogP contribution in [0.3, 0.4) is 0 Å². The molecule has 29 heteroatoms. The number of ether oxygens (including phenoxy) is 6. The quantitative estimate of drug-likeness (QED) is 0.0432. The normalized spacial score (nSPS) is 13.2. The highest BCUT2D eigenvalue weighted by atomic mass is 79.9. The number of carbonyl (C=O) groups is 6. The van der Waals surface area contributed by atoms with Crippen molar-refractivity contribution in [2.75, 3.05) is 60.5 Å². The number of carboxylic acid groups (broad SMARTS) is 1. The highest BCUT2D eigenvalue weighted by molar-refractivity contribution is 9.11. The predicted octanol–water partition coefficient (Wildman–Crippen LogP) is 8.69. The molecule has 3 amide bonds. The van der Waals surface area contributed by atoms with Gasteiger partial charge in [-0.3, -0.25) is 14.4 Å². The Balaban J connectivity index is 0.000000342. The molecule has 5 aromatic heterocycles. The van der Waals surface area contributed by atoms with E-state index in [1.54, 1.807) is 49.9 Å². The third kappa shape index (κ3) is 26.8. The van der Waals surface area contributed by atoms with Gasteiger partial charge in [-0.1, -0.05) is 15.9 Å². The zero-order valence-corrected chi connectivity index (χ0v) is 51.6. The number of fused-ring (bicyclic) bond motifs is 3. The number of nitrogen functional groups attached to an aromatic ring is 2. The average molecular weight is 1440 g/mol. The van der Waals surface area contributed by atoms with E-state index >= 15 is 0 Å². The number of pyridine rings is 5. The van der Waals surface area contributed by atoms with Gasteiger partial charge >= 0.3 is 17.9 Å². The number of rotatable bonds is 10. The molecule has 8 rings (SSSR count). The Hall–Kier alpha value is -5.82. The zero-order chi connectivity index (χ0) is 56.5. The number of alkyl halides is 1. The molecule has 79 heavy (non-hydrogen) atoms. The first-order valence-electron chi connectivity index (χ1n) is 22.8. The number of nitrogens with one attached hydrogen (secondary N) is 3. The minimum Gasteiger partial charge on any atom is -0.478 e. The summed E-state index contributed by atoms with van der Waals surface area (Å²) in [4.78, 5) is 86.7. The lowest BCUT2D eigenvalue weighted by Crippen LogP contribution is -2.22.